The van der Waals surface area contributed by atoms with E-state index < -0.39 is 0 Å². The van der Waals surface area contributed by atoms with Gasteiger partial charge in [0.15, 0.2) is 5.43 Å². The highest BCUT2D eigenvalue weighted by Gasteiger charge is 2.08. The molecule has 0 saturated carbocycles. The van der Waals surface area contributed by atoms with Crippen molar-refractivity contribution >= 4 is 0 Å². The van der Waals surface area contributed by atoms with E-state index in [9.17, 15) is 4.79 Å². The normalized spacial score (nSPS) is 10.6. The first kappa shape index (κ1) is 10.7. The first-order valence-corrected chi connectivity index (χ1v) is 5.44. The van der Waals surface area contributed by atoms with Gasteiger partial charge in [0.2, 0.25) is 0 Å². The maximum atomic E-state index is 11.7. The SMILES string of the molecule is CCCCOc1cc2ccocc-2c(=O)c1. The molecular formula is C13H14O3. The molecule has 0 aromatic carbocycles. The lowest BCUT2D eigenvalue weighted by atomic mass is 10.1. The van der Waals surface area contributed by atoms with Gasteiger partial charge in [-0.2, -0.15) is 0 Å². The van der Waals surface area contributed by atoms with Gasteiger partial charge in [-0.1, -0.05) is 13.3 Å². The van der Waals surface area contributed by atoms with Crippen LogP contribution < -0.4 is 10.2 Å². The molecule has 1 heterocycles. The fourth-order valence-corrected chi connectivity index (χ4v) is 1.52. The molecule has 0 unspecified atom stereocenters. The molecule has 0 spiro atoms. The molecule has 0 aromatic rings. The van der Waals surface area contributed by atoms with Crippen LogP contribution in [0.2, 0.25) is 0 Å². The summed E-state index contributed by atoms with van der Waals surface area (Å²) in [6, 6.07) is 5.14. The minimum Gasteiger partial charge on any atom is -0.493 e. The lowest BCUT2D eigenvalue weighted by Crippen LogP contribution is -2.06. The Bertz CT molecular complexity index is 487. The van der Waals surface area contributed by atoms with Gasteiger partial charge in [-0.05, 0) is 24.1 Å². The largest absolute Gasteiger partial charge is 0.493 e. The number of hydrogen-bond donors (Lipinski definition) is 0. The number of ether oxygens (including phenoxy) is 1. The van der Waals surface area contributed by atoms with Gasteiger partial charge in [-0.15, -0.1) is 0 Å². The molecule has 1 aliphatic heterocycles. The van der Waals surface area contributed by atoms with Crippen LogP contribution in [0.1, 0.15) is 19.8 Å². The van der Waals surface area contributed by atoms with Crippen LogP contribution in [0.4, 0.5) is 0 Å². The van der Waals surface area contributed by atoms with Crippen LogP contribution in [0.25, 0.3) is 11.1 Å². The molecule has 2 aliphatic rings. The Kier molecular flexibility index (Phi) is 3.25. The van der Waals surface area contributed by atoms with Crippen molar-refractivity contribution in [2.45, 2.75) is 19.8 Å². The molecule has 84 valence electrons. The van der Waals surface area contributed by atoms with Crippen LogP contribution in [0.5, 0.6) is 5.75 Å². The van der Waals surface area contributed by atoms with Gasteiger partial charge in [0.1, 0.15) is 12.0 Å². The Morgan fingerprint density at radius 3 is 3.06 bits per heavy atom. The van der Waals surface area contributed by atoms with E-state index in [1.807, 2.05) is 6.07 Å². The second-order valence-electron chi connectivity index (χ2n) is 3.68. The predicted octanol–water partition coefficient (Wildman–Crippen LogP) is 2.92. The van der Waals surface area contributed by atoms with E-state index in [4.69, 9.17) is 9.15 Å². The van der Waals surface area contributed by atoms with Crippen molar-refractivity contribution in [1.82, 2.24) is 0 Å². The van der Waals surface area contributed by atoms with E-state index in [2.05, 4.69) is 6.92 Å². The number of benzene rings is 1. The van der Waals surface area contributed by atoms with Crippen LogP contribution in [-0.4, -0.2) is 6.61 Å². The van der Waals surface area contributed by atoms with Crippen LogP contribution in [0, 0.1) is 0 Å². The molecule has 16 heavy (non-hydrogen) atoms. The summed E-state index contributed by atoms with van der Waals surface area (Å²) in [5.41, 5.74) is 1.38. The molecule has 1 aliphatic carbocycles. The predicted molar refractivity (Wildman–Crippen MR) is 62.0 cm³/mol. The van der Waals surface area contributed by atoms with Gasteiger partial charge < -0.3 is 9.15 Å². The fourth-order valence-electron chi connectivity index (χ4n) is 1.52. The lowest BCUT2D eigenvalue weighted by molar-refractivity contribution is 0.309. The number of rotatable bonds is 4. The minimum atomic E-state index is -0.0617. The highest BCUT2D eigenvalue weighted by molar-refractivity contribution is 5.65. The average molecular weight is 218 g/mol. The fraction of sp³-hybridized carbons (Fsp3) is 0.308. The summed E-state index contributed by atoms with van der Waals surface area (Å²) in [5, 5.41) is 0. The first-order valence-electron chi connectivity index (χ1n) is 5.44. The molecule has 0 N–H and O–H groups in total. The van der Waals surface area contributed by atoms with E-state index >= 15 is 0 Å². The summed E-state index contributed by atoms with van der Waals surface area (Å²) in [6.45, 7) is 2.75. The molecule has 0 radical (unpaired) electrons. The highest BCUT2D eigenvalue weighted by Crippen LogP contribution is 2.22. The molecule has 0 saturated heterocycles. The second kappa shape index (κ2) is 4.84. The average Bonchev–Trinajstić information content (AvgIpc) is 2.30. The highest BCUT2D eigenvalue weighted by atomic mass is 16.5. The smallest absolute Gasteiger partial charge is 0.193 e. The van der Waals surface area contributed by atoms with Crippen LogP contribution in [-0.2, 0) is 0 Å². The number of hydrogen-bond acceptors (Lipinski definition) is 3. The van der Waals surface area contributed by atoms with Crippen molar-refractivity contribution in [3.8, 4) is 16.9 Å². The third-order valence-electron chi connectivity index (χ3n) is 2.43. The molecule has 3 nitrogen and oxygen atoms in total. The van der Waals surface area contributed by atoms with E-state index in [1.54, 1.807) is 12.3 Å². The summed E-state index contributed by atoms with van der Waals surface area (Å²) in [5.74, 6) is 0.636. The Morgan fingerprint density at radius 2 is 2.25 bits per heavy atom. The van der Waals surface area contributed by atoms with Gasteiger partial charge in [0.25, 0.3) is 0 Å². The zero-order valence-corrected chi connectivity index (χ0v) is 9.23. The summed E-state index contributed by atoms with van der Waals surface area (Å²) >= 11 is 0. The van der Waals surface area contributed by atoms with E-state index in [0.717, 1.165) is 18.4 Å². The lowest BCUT2D eigenvalue weighted by Gasteiger charge is -2.08. The zero-order valence-electron chi connectivity index (χ0n) is 9.23. The van der Waals surface area contributed by atoms with Gasteiger partial charge in [-0.3, -0.25) is 4.79 Å². The minimum absolute atomic E-state index is 0.0617. The van der Waals surface area contributed by atoms with Crippen LogP contribution >= 0.6 is 0 Å². The molecule has 0 amide bonds. The molecule has 0 atom stereocenters. The van der Waals surface area contributed by atoms with E-state index in [0.29, 0.717) is 17.9 Å². The molecule has 3 heteroatoms. The Hall–Kier alpha value is -1.77. The number of unbranched alkanes of at least 4 members (excludes halogenated alkanes) is 1. The molecular weight excluding hydrogens is 204 g/mol. The standard InChI is InChI=1S/C13H14O3/c1-2-3-5-16-11-7-10-4-6-15-9-12(10)13(14)8-11/h4,6-9H,2-3,5H2,1H3. The molecule has 0 fully saturated rings. The first-order chi connectivity index (χ1) is 7.81. The van der Waals surface area contributed by atoms with Crippen molar-refractivity contribution in [2.75, 3.05) is 6.61 Å². The Balaban J connectivity index is 2.28. The van der Waals surface area contributed by atoms with Gasteiger partial charge >= 0.3 is 0 Å². The Labute approximate surface area is 94.0 Å². The van der Waals surface area contributed by atoms with Crippen LogP contribution in [0.15, 0.2) is 39.9 Å². The van der Waals surface area contributed by atoms with Crippen molar-refractivity contribution in [3.63, 3.8) is 0 Å². The quantitative estimate of drug-likeness (QED) is 0.741. The molecule has 0 bridgehead atoms. The van der Waals surface area contributed by atoms with Gasteiger partial charge in [-0.25, -0.2) is 0 Å². The van der Waals surface area contributed by atoms with Crippen molar-refractivity contribution < 1.29 is 9.15 Å². The maximum Gasteiger partial charge on any atom is 0.193 e. The second-order valence-corrected chi connectivity index (χ2v) is 3.68. The van der Waals surface area contributed by atoms with Crippen molar-refractivity contribution in [1.29, 1.82) is 0 Å². The van der Waals surface area contributed by atoms with Crippen LogP contribution in [0.3, 0.4) is 0 Å². The van der Waals surface area contributed by atoms with Gasteiger partial charge in [0, 0.05) is 6.07 Å². The third kappa shape index (κ3) is 2.24. The van der Waals surface area contributed by atoms with Gasteiger partial charge in [0.05, 0.1) is 18.4 Å². The summed E-state index contributed by atoms with van der Waals surface area (Å²) in [4.78, 5) is 11.7. The van der Waals surface area contributed by atoms with E-state index in [-0.39, 0.29) is 5.43 Å². The monoisotopic (exact) mass is 218 g/mol. The van der Waals surface area contributed by atoms with Crippen molar-refractivity contribution in [2.24, 2.45) is 0 Å². The summed E-state index contributed by atoms with van der Waals surface area (Å²) < 4.78 is 10.5. The zero-order chi connectivity index (χ0) is 11.4. The summed E-state index contributed by atoms with van der Waals surface area (Å²) in [6.07, 6.45) is 5.10. The van der Waals surface area contributed by atoms with E-state index in [1.165, 1.54) is 12.3 Å². The number of fused-ring (bicyclic) bond motifs is 1. The van der Waals surface area contributed by atoms with Crippen molar-refractivity contribution in [3.05, 3.63) is 40.9 Å². The maximum absolute atomic E-state index is 11.7. The molecule has 0 aromatic heterocycles. The topological polar surface area (TPSA) is 39.4 Å². The third-order valence-corrected chi connectivity index (χ3v) is 2.43. The Morgan fingerprint density at radius 1 is 1.38 bits per heavy atom. The molecule has 2 rings (SSSR count). The summed E-state index contributed by atoms with van der Waals surface area (Å²) in [7, 11) is 0.